The molecule has 1 N–H and O–H groups in total. The summed E-state index contributed by atoms with van der Waals surface area (Å²) in [5, 5.41) is -2.02. The van der Waals surface area contributed by atoms with Gasteiger partial charge in [-0.05, 0) is 27.8 Å². The monoisotopic (exact) mass is 661 g/mol. The lowest BCUT2D eigenvalue weighted by atomic mass is 9.98. The molecule has 0 aliphatic heterocycles. The van der Waals surface area contributed by atoms with E-state index in [-0.39, 0.29) is 18.9 Å². The molecule has 0 saturated carbocycles. The number of carbonyl (C=O) groups is 2. The van der Waals surface area contributed by atoms with E-state index >= 15 is 0 Å². The Balaban J connectivity index is 1.42. The van der Waals surface area contributed by atoms with Gasteiger partial charge in [0.2, 0.25) is 3.79 Å². The summed E-state index contributed by atoms with van der Waals surface area (Å²) < 4.78 is 65.6. The molecule has 0 fully saturated rings. The van der Waals surface area contributed by atoms with Gasteiger partial charge in [0.15, 0.2) is 0 Å². The number of benzene rings is 3. The molecule has 224 valence electrons. The van der Waals surface area contributed by atoms with Crippen molar-refractivity contribution in [2.24, 2.45) is 0 Å². The van der Waals surface area contributed by atoms with Crippen molar-refractivity contribution in [1.82, 2.24) is 5.32 Å². The summed E-state index contributed by atoms with van der Waals surface area (Å²) in [6.45, 7) is -1.11. The predicted octanol–water partition coefficient (Wildman–Crippen LogP) is 6.08. The van der Waals surface area contributed by atoms with E-state index in [2.05, 4.69) is 9.50 Å². The third-order valence-corrected chi connectivity index (χ3v) is 8.16. The molecule has 0 radical (unpaired) electrons. The van der Waals surface area contributed by atoms with Crippen LogP contribution in [0.15, 0.2) is 72.8 Å². The summed E-state index contributed by atoms with van der Waals surface area (Å²) >= 11 is 16.2. The Morgan fingerprint density at radius 2 is 1.48 bits per heavy atom. The van der Waals surface area contributed by atoms with Gasteiger partial charge in [-0.2, -0.15) is 17.2 Å². The first kappa shape index (κ1) is 32.0. The first-order valence-corrected chi connectivity index (χ1v) is 14.9. The van der Waals surface area contributed by atoms with Crippen LogP contribution in [-0.4, -0.2) is 50.6 Å². The lowest BCUT2D eigenvalue weighted by Gasteiger charge is -2.20. The van der Waals surface area contributed by atoms with E-state index in [1.54, 1.807) is 0 Å². The second-order valence-electron chi connectivity index (χ2n) is 9.29. The highest BCUT2D eigenvalue weighted by atomic mass is 35.6. The van der Waals surface area contributed by atoms with Crippen molar-refractivity contribution in [3.8, 4) is 11.1 Å². The van der Waals surface area contributed by atoms with E-state index in [0.717, 1.165) is 41.5 Å². The number of carbonyl (C=O) groups excluding carboxylic acids is 2. The summed E-state index contributed by atoms with van der Waals surface area (Å²) in [4.78, 5) is 25.1. The van der Waals surface area contributed by atoms with Gasteiger partial charge in [-0.25, -0.2) is 9.59 Å². The molecule has 1 atom stereocenters. The number of nitrogens with one attached hydrogen (secondary N) is 1. The highest BCUT2D eigenvalue weighted by molar-refractivity contribution is 7.87. The number of alkyl carbamates (subject to hydrolysis) is 1. The third kappa shape index (κ3) is 7.15. The van der Waals surface area contributed by atoms with Gasteiger partial charge in [0.05, 0.1) is 7.11 Å². The summed E-state index contributed by atoms with van der Waals surface area (Å²) in [7, 11) is -4.37. The average molecular weight is 663 g/mol. The van der Waals surface area contributed by atoms with Gasteiger partial charge in [0, 0.05) is 17.9 Å². The molecule has 42 heavy (non-hydrogen) atoms. The maximum atomic E-state index is 14.7. The number of alkyl halides is 5. The number of halogens is 5. The van der Waals surface area contributed by atoms with Crippen molar-refractivity contribution < 1.29 is 40.4 Å². The van der Waals surface area contributed by atoms with Gasteiger partial charge >= 0.3 is 27.4 Å². The first-order chi connectivity index (χ1) is 19.7. The molecule has 8 nitrogen and oxygen atoms in total. The normalized spacial score (nSPS) is 14.0. The van der Waals surface area contributed by atoms with Crippen LogP contribution < -0.4 is 5.32 Å². The Morgan fingerprint density at radius 1 is 0.929 bits per heavy atom. The first-order valence-electron chi connectivity index (χ1n) is 12.4. The standard InChI is InChI=1S/C28H24Cl3F2NO7S/c1-39-25(35)24(14-17-10-12-18(13-11-17)28(32,33)42(37,38)41-16-27(29,30)31)34-26(36)40-15-23-21-8-4-2-6-19(21)20-7-3-5-9-22(20)23/h2-13,23-24H,14-16H2,1H3,(H,34,36)/t24-/m0/s1. The van der Waals surface area contributed by atoms with Crippen molar-refractivity contribution in [2.75, 3.05) is 20.3 Å². The highest BCUT2D eigenvalue weighted by Gasteiger charge is 2.49. The van der Waals surface area contributed by atoms with Gasteiger partial charge < -0.3 is 14.8 Å². The lowest BCUT2D eigenvalue weighted by molar-refractivity contribution is -0.143. The van der Waals surface area contributed by atoms with Crippen molar-refractivity contribution in [3.63, 3.8) is 0 Å². The van der Waals surface area contributed by atoms with Crippen LogP contribution in [0.4, 0.5) is 13.6 Å². The fraction of sp³-hybridized carbons (Fsp3) is 0.286. The molecular formula is C28H24Cl3F2NO7S. The SMILES string of the molecule is COC(=O)[C@H](Cc1ccc(C(F)(F)S(=O)(=O)OCC(Cl)(Cl)Cl)cc1)NC(=O)OCC1c2ccccc2-c2ccccc21. The summed E-state index contributed by atoms with van der Waals surface area (Å²) in [5.74, 6) is -1.01. The van der Waals surface area contributed by atoms with E-state index in [9.17, 15) is 26.8 Å². The summed E-state index contributed by atoms with van der Waals surface area (Å²) in [6.07, 6.45) is -1.05. The van der Waals surface area contributed by atoms with Crippen molar-refractivity contribution >= 4 is 57.0 Å². The number of amides is 1. The fourth-order valence-electron chi connectivity index (χ4n) is 4.55. The second kappa shape index (κ2) is 12.7. The van der Waals surface area contributed by atoms with Crippen LogP contribution in [0.2, 0.25) is 0 Å². The Hall–Kier alpha value is -2.96. The molecular weight excluding hydrogens is 639 g/mol. The van der Waals surface area contributed by atoms with Crippen LogP contribution in [-0.2, 0) is 40.2 Å². The van der Waals surface area contributed by atoms with Crippen LogP contribution in [0.3, 0.4) is 0 Å². The van der Waals surface area contributed by atoms with Crippen LogP contribution >= 0.6 is 34.8 Å². The van der Waals surface area contributed by atoms with Crippen LogP contribution in [0, 0.1) is 0 Å². The minimum Gasteiger partial charge on any atom is -0.467 e. The molecule has 0 unspecified atom stereocenters. The second-order valence-corrected chi connectivity index (χ2v) is 13.5. The summed E-state index contributed by atoms with van der Waals surface area (Å²) in [6, 6.07) is 18.4. The zero-order valence-electron chi connectivity index (χ0n) is 21.9. The zero-order chi connectivity index (χ0) is 30.7. The molecule has 0 heterocycles. The quantitative estimate of drug-likeness (QED) is 0.159. The van der Waals surface area contributed by atoms with E-state index in [1.807, 2.05) is 48.5 Å². The molecule has 14 heteroatoms. The smallest absolute Gasteiger partial charge is 0.407 e. The van der Waals surface area contributed by atoms with Crippen LogP contribution in [0.1, 0.15) is 28.2 Å². The van der Waals surface area contributed by atoms with Crippen LogP contribution in [0.5, 0.6) is 0 Å². The molecule has 1 aliphatic carbocycles. The molecule has 0 aromatic heterocycles. The van der Waals surface area contributed by atoms with Gasteiger partial charge in [-0.1, -0.05) is 108 Å². The molecule has 4 rings (SSSR count). The molecule has 0 spiro atoms. The number of rotatable bonds is 10. The van der Waals surface area contributed by atoms with Crippen LogP contribution in [0.25, 0.3) is 11.1 Å². The number of ether oxygens (including phenoxy) is 2. The Kier molecular flexibility index (Phi) is 9.68. The van der Waals surface area contributed by atoms with Crippen molar-refractivity contribution in [2.45, 2.75) is 27.4 Å². The topological polar surface area (TPSA) is 108 Å². The van der Waals surface area contributed by atoms with Gasteiger partial charge in [0.1, 0.15) is 19.3 Å². The van der Waals surface area contributed by atoms with Crippen molar-refractivity contribution in [3.05, 3.63) is 95.1 Å². The molecule has 1 amide bonds. The number of hydrogen-bond acceptors (Lipinski definition) is 7. The van der Waals surface area contributed by atoms with Crippen molar-refractivity contribution in [1.29, 1.82) is 0 Å². The zero-order valence-corrected chi connectivity index (χ0v) is 24.9. The molecule has 3 aromatic carbocycles. The largest absolute Gasteiger partial charge is 0.467 e. The molecule has 0 saturated heterocycles. The summed E-state index contributed by atoms with van der Waals surface area (Å²) in [5.41, 5.74) is 3.50. The maximum absolute atomic E-state index is 14.7. The average Bonchev–Trinajstić information content (AvgIpc) is 3.27. The van der Waals surface area contributed by atoms with E-state index in [4.69, 9.17) is 44.3 Å². The third-order valence-electron chi connectivity index (χ3n) is 6.54. The minimum absolute atomic E-state index is 0.00630. The molecule has 3 aromatic rings. The predicted molar refractivity (Wildman–Crippen MR) is 153 cm³/mol. The Morgan fingerprint density at radius 3 is 2.00 bits per heavy atom. The molecule has 1 aliphatic rings. The lowest BCUT2D eigenvalue weighted by Crippen LogP contribution is -2.43. The van der Waals surface area contributed by atoms with Gasteiger partial charge in [-0.15, -0.1) is 0 Å². The molecule has 0 bridgehead atoms. The number of hydrogen-bond donors (Lipinski definition) is 1. The van der Waals surface area contributed by atoms with E-state index < -0.39 is 49.4 Å². The number of esters is 1. The Labute approximate surface area is 255 Å². The minimum atomic E-state index is -5.50. The Bertz CT molecular complexity index is 1520. The van der Waals surface area contributed by atoms with Gasteiger partial charge in [-0.3, -0.25) is 4.18 Å². The van der Waals surface area contributed by atoms with E-state index in [1.165, 1.54) is 12.1 Å². The van der Waals surface area contributed by atoms with Gasteiger partial charge in [0.25, 0.3) is 0 Å². The maximum Gasteiger partial charge on any atom is 0.407 e. The van der Waals surface area contributed by atoms with E-state index in [0.29, 0.717) is 5.56 Å². The number of methoxy groups -OCH3 is 1. The number of fused-ring (bicyclic) bond motifs is 3. The fourth-order valence-corrected chi connectivity index (χ4v) is 5.81. The highest BCUT2D eigenvalue weighted by Crippen LogP contribution is 2.44.